The molecule has 0 saturated heterocycles. The van der Waals surface area contributed by atoms with Crippen LogP contribution in [-0.4, -0.2) is 40.3 Å². The van der Waals surface area contributed by atoms with Gasteiger partial charge < -0.3 is 14.8 Å². The zero-order valence-electron chi connectivity index (χ0n) is 16.3. The lowest BCUT2D eigenvalue weighted by atomic mass is 10.1. The van der Waals surface area contributed by atoms with E-state index in [0.717, 1.165) is 17.4 Å². The Morgan fingerprint density at radius 1 is 1.29 bits per heavy atom. The summed E-state index contributed by atoms with van der Waals surface area (Å²) >= 11 is 0. The summed E-state index contributed by atoms with van der Waals surface area (Å²) in [6, 6.07) is 12.3. The number of hydrogen-bond donors (Lipinski definition) is 1. The first-order chi connectivity index (χ1) is 13.2. The highest BCUT2D eigenvalue weighted by molar-refractivity contribution is 7.92. The van der Waals surface area contributed by atoms with Crippen LogP contribution in [0.2, 0.25) is 0 Å². The van der Waals surface area contributed by atoms with Crippen LogP contribution in [0.3, 0.4) is 0 Å². The molecule has 28 heavy (non-hydrogen) atoms. The maximum Gasteiger partial charge on any atom is 0.263 e. The number of ether oxygens (including phenoxy) is 2. The van der Waals surface area contributed by atoms with Crippen molar-refractivity contribution in [3.63, 3.8) is 0 Å². The summed E-state index contributed by atoms with van der Waals surface area (Å²) in [6.07, 6.45) is 0.165. The Bertz CT molecular complexity index is 990. The molecule has 0 bridgehead atoms. The molecule has 0 aromatic heterocycles. The van der Waals surface area contributed by atoms with Crippen molar-refractivity contribution >= 4 is 21.6 Å². The fourth-order valence-corrected chi connectivity index (χ4v) is 4.13. The molecule has 2 atom stereocenters. The largest absolute Gasteiger partial charge is 0.496 e. The lowest BCUT2D eigenvalue weighted by molar-refractivity contribution is -0.128. The number of aryl methyl sites for hydroxylation is 1. The zero-order valence-corrected chi connectivity index (χ0v) is 17.1. The number of carbonyl (C=O) groups is 1. The summed E-state index contributed by atoms with van der Waals surface area (Å²) in [5.41, 5.74) is 2.18. The molecule has 1 heterocycles. The first-order valence-electron chi connectivity index (χ1n) is 8.89. The Balaban J connectivity index is 1.84. The number of para-hydroxylation sites is 1. The summed E-state index contributed by atoms with van der Waals surface area (Å²) in [7, 11) is -1.99. The Morgan fingerprint density at radius 2 is 2.00 bits per heavy atom. The van der Waals surface area contributed by atoms with E-state index in [-0.39, 0.29) is 12.6 Å². The normalized spacial score (nSPS) is 17.3. The Morgan fingerprint density at radius 3 is 2.68 bits per heavy atom. The third-order valence-electron chi connectivity index (χ3n) is 4.64. The molecule has 0 radical (unpaired) electrons. The van der Waals surface area contributed by atoms with E-state index in [2.05, 4.69) is 5.32 Å². The van der Waals surface area contributed by atoms with Crippen molar-refractivity contribution in [1.29, 1.82) is 0 Å². The summed E-state index contributed by atoms with van der Waals surface area (Å²) in [5.74, 6) is 0.643. The van der Waals surface area contributed by atoms with Crippen LogP contribution in [-0.2, 0) is 14.8 Å². The Labute approximate surface area is 165 Å². The van der Waals surface area contributed by atoms with Gasteiger partial charge in [0.05, 0.1) is 31.6 Å². The number of anilines is 1. The van der Waals surface area contributed by atoms with E-state index in [1.54, 1.807) is 19.2 Å². The van der Waals surface area contributed by atoms with E-state index in [1.165, 1.54) is 4.31 Å². The molecular formula is C20H24N2O5S. The molecule has 3 rings (SSSR count). The number of fused-ring (bicyclic) bond motifs is 1. The summed E-state index contributed by atoms with van der Waals surface area (Å²) in [5, 5.41) is 2.89. The molecule has 0 saturated carbocycles. The van der Waals surface area contributed by atoms with Gasteiger partial charge in [0.15, 0.2) is 6.10 Å². The Kier molecular flexibility index (Phi) is 5.51. The quantitative estimate of drug-likeness (QED) is 0.827. The average molecular weight is 404 g/mol. The molecule has 1 aliphatic heterocycles. The molecular weight excluding hydrogens is 380 g/mol. The van der Waals surface area contributed by atoms with Gasteiger partial charge in [-0.25, -0.2) is 8.42 Å². The van der Waals surface area contributed by atoms with Crippen LogP contribution in [0.1, 0.15) is 24.1 Å². The highest BCUT2D eigenvalue weighted by Gasteiger charge is 2.35. The number of methoxy groups -OCH3 is 1. The van der Waals surface area contributed by atoms with E-state index in [1.807, 2.05) is 44.2 Å². The van der Waals surface area contributed by atoms with Crippen LogP contribution in [0, 0.1) is 6.92 Å². The molecule has 1 amide bonds. The fraction of sp³-hybridized carbons (Fsp3) is 0.350. The maximum absolute atomic E-state index is 12.8. The molecule has 0 fully saturated rings. The van der Waals surface area contributed by atoms with Gasteiger partial charge in [0.1, 0.15) is 11.5 Å². The molecule has 1 aliphatic rings. The SMILES string of the molecule is COc1ccccc1[C@@H](C)NC(=O)[C@H]1CN(S(C)(=O)=O)c2cc(C)ccc2O1. The van der Waals surface area contributed by atoms with Gasteiger partial charge in [0.25, 0.3) is 5.91 Å². The van der Waals surface area contributed by atoms with Crippen LogP contribution >= 0.6 is 0 Å². The van der Waals surface area contributed by atoms with E-state index in [9.17, 15) is 13.2 Å². The van der Waals surface area contributed by atoms with Gasteiger partial charge in [-0.1, -0.05) is 24.3 Å². The highest BCUT2D eigenvalue weighted by Crippen LogP contribution is 2.36. The lowest BCUT2D eigenvalue weighted by Gasteiger charge is -2.34. The van der Waals surface area contributed by atoms with Gasteiger partial charge in [-0.05, 0) is 37.6 Å². The van der Waals surface area contributed by atoms with Crippen molar-refractivity contribution in [1.82, 2.24) is 5.32 Å². The molecule has 1 N–H and O–H groups in total. The number of rotatable bonds is 5. The topological polar surface area (TPSA) is 84.9 Å². The van der Waals surface area contributed by atoms with Gasteiger partial charge in [-0.2, -0.15) is 0 Å². The van der Waals surface area contributed by atoms with Crippen molar-refractivity contribution in [3.8, 4) is 11.5 Å². The number of amides is 1. The van der Waals surface area contributed by atoms with Gasteiger partial charge in [0.2, 0.25) is 10.0 Å². The van der Waals surface area contributed by atoms with E-state index < -0.39 is 22.0 Å². The number of hydrogen-bond acceptors (Lipinski definition) is 5. The molecule has 0 aliphatic carbocycles. The van der Waals surface area contributed by atoms with Gasteiger partial charge in [0, 0.05) is 5.56 Å². The van der Waals surface area contributed by atoms with Gasteiger partial charge in [-0.3, -0.25) is 9.10 Å². The smallest absolute Gasteiger partial charge is 0.263 e. The second-order valence-corrected chi connectivity index (χ2v) is 8.75. The second kappa shape index (κ2) is 7.71. The van der Waals surface area contributed by atoms with Crippen LogP contribution in [0.15, 0.2) is 42.5 Å². The Hall–Kier alpha value is -2.74. The first kappa shape index (κ1) is 20.0. The zero-order chi connectivity index (χ0) is 20.5. The molecule has 2 aromatic carbocycles. The lowest BCUT2D eigenvalue weighted by Crippen LogP contribution is -2.50. The van der Waals surface area contributed by atoms with Crippen molar-refractivity contribution in [2.75, 3.05) is 24.2 Å². The molecule has 8 heteroatoms. The number of benzene rings is 2. The monoisotopic (exact) mass is 404 g/mol. The molecule has 2 aromatic rings. The maximum atomic E-state index is 12.8. The standard InChI is InChI=1S/C20H24N2O5S/c1-13-9-10-18-16(11-13)22(28(4,24)25)12-19(27-18)20(23)21-14(2)15-7-5-6-8-17(15)26-3/h5-11,14,19H,12H2,1-4H3,(H,21,23)/t14-,19-/m1/s1. The number of nitrogens with one attached hydrogen (secondary N) is 1. The van der Waals surface area contributed by atoms with Crippen LogP contribution in [0.4, 0.5) is 5.69 Å². The van der Waals surface area contributed by atoms with Crippen LogP contribution < -0.4 is 19.1 Å². The summed E-state index contributed by atoms with van der Waals surface area (Å²) in [4.78, 5) is 12.8. The second-order valence-electron chi connectivity index (χ2n) is 6.84. The fourth-order valence-electron chi connectivity index (χ4n) is 3.22. The van der Waals surface area contributed by atoms with E-state index in [0.29, 0.717) is 17.2 Å². The number of carbonyl (C=O) groups excluding carboxylic acids is 1. The minimum Gasteiger partial charge on any atom is -0.496 e. The van der Waals surface area contributed by atoms with Crippen LogP contribution in [0.25, 0.3) is 0 Å². The summed E-state index contributed by atoms with van der Waals surface area (Å²) in [6.45, 7) is 3.62. The molecule has 7 nitrogen and oxygen atoms in total. The predicted octanol–water partition coefficient (Wildman–Crippen LogP) is 2.41. The van der Waals surface area contributed by atoms with E-state index >= 15 is 0 Å². The first-order valence-corrected chi connectivity index (χ1v) is 10.7. The van der Waals surface area contributed by atoms with Crippen molar-refractivity contribution < 1.29 is 22.7 Å². The molecule has 0 unspecified atom stereocenters. The highest BCUT2D eigenvalue weighted by atomic mass is 32.2. The average Bonchev–Trinajstić information content (AvgIpc) is 2.66. The van der Waals surface area contributed by atoms with Crippen molar-refractivity contribution in [2.24, 2.45) is 0 Å². The minimum atomic E-state index is -3.56. The molecule has 150 valence electrons. The number of sulfonamides is 1. The predicted molar refractivity (Wildman–Crippen MR) is 107 cm³/mol. The van der Waals surface area contributed by atoms with Crippen molar-refractivity contribution in [2.45, 2.75) is 26.0 Å². The van der Waals surface area contributed by atoms with Gasteiger partial charge in [-0.15, -0.1) is 0 Å². The third kappa shape index (κ3) is 4.06. The summed E-state index contributed by atoms with van der Waals surface area (Å²) < 4.78 is 36.9. The third-order valence-corrected chi connectivity index (χ3v) is 5.79. The minimum absolute atomic E-state index is 0.0836. The van der Waals surface area contributed by atoms with Crippen molar-refractivity contribution in [3.05, 3.63) is 53.6 Å². The van der Waals surface area contributed by atoms with E-state index in [4.69, 9.17) is 9.47 Å². The number of nitrogens with zero attached hydrogens (tertiary/aromatic N) is 1. The van der Waals surface area contributed by atoms with Gasteiger partial charge >= 0.3 is 0 Å². The molecule has 0 spiro atoms. The van der Waals surface area contributed by atoms with Crippen LogP contribution in [0.5, 0.6) is 11.5 Å².